The molecule has 1 rings (SSSR count). The lowest BCUT2D eigenvalue weighted by atomic mass is 9.93. The third-order valence-corrected chi connectivity index (χ3v) is 3.87. The van der Waals surface area contributed by atoms with Gasteiger partial charge in [0.25, 0.3) is 0 Å². The molecular formula is C14H29N3O2. The van der Waals surface area contributed by atoms with Crippen molar-refractivity contribution < 1.29 is 9.53 Å². The number of nitrogens with zero attached hydrogens (tertiary/aromatic N) is 1. The molecule has 2 atom stereocenters. The summed E-state index contributed by atoms with van der Waals surface area (Å²) in [6.07, 6.45) is 2.82. The SMILES string of the molecule is CC(C)NC(C)(CCCN(C)C1CCOC1)C(N)=O. The average molecular weight is 271 g/mol. The van der Waals surface area contributed by atoms with Crippen molar-refractivity contribution in [3.05, 3.63) is 0 Å². The Hall–Kier alpha value is -0.650. The van der Waals surface area contributed by atoms with Crippen LogP contribution in [0.25, 0.3) is 0 Å². The van der Waals surface area contributed by atoms with Crippen LogP contribution in [0.4, 0.5) is 0 Å². The predicted molar refractivity (Wildman–Crippen MR) is 77.0 cm³/mol. The number of carbonyl (C=O) groups is 1. The Balaban J connectivity index is 2.37. The van der Waals surface area contributed by atoms with Crippen molar-refractivity contribution in [3.63, 3.8) is 0 Å². The summed E-state index contributed by atoms with van der Waals surface area (Å²) in [7, 11) is 2.12. The number of carbonyl (C=O) groups excluding carboxylic acids is 1. The number of primary amides is 1. The van der Waals surface area contributed by atoms with Crippen LogP contribution in [0.5, 0.6) is 0 Å². The van der Waals surface area contributed by atoms with E-state index in [2.05, 4.69) is 17.3 Å². The van der Waals surface area contributed by atoms with Crippen molar-refractivity contribution in [2.75, 3.05) is 26.8 Å². The molecule has 1 aliphatic rings. The molecule has 1 amide bonds. The maximum Gasteiger partial charge on any atom is 0.237 e. The summed E-state index contributed by atoms with van der Waals surface area (Å²) in [5.74, 6) is -0.270. The van der Waals surface area contributed by atoms with E-state index in [0.29, 0.717) is 6.04 Å². The first-order valence-corrected chi connectivity index (χ1v) is 7.21. The molecule has 1 saturated heterocycles. The van der Waals surface area contributed by atoms with Crippen LogP contribution in [0.2, 0.25) is 0 Å². The van der Waals surface area contributed by atoms with E-state index in [0.717, 1.165) is 39.0 Å². The number of amides is 1. The fraction of sp³-hybridized carbons (Fsp3) is 0.929. The van der Waals surface area contributed by atoms with Gasteiger partial charge in [0.1, 0.15) is 0 Å². The van der Waals surface area contributed by atoms with Gasteiger partial charge < -0.3 is 20.7 Å². The highest BCUT2D eigenvalue weighted by Gasteiger charge is 2.31. The average Bonchev–Trinajstić information content (AvgIpc) is 2.80. The van der Waals surface area contributed by atoms with Crippen LogP contribution >= 0.6 is 0 Å². The Kier molecular flexibility index (Phi) is 6.23. The molecule has 0 spiro atoms. The number of hydrogen-bond donors (Lipinski definition) is 2. The molecule has 0 aliphatic carbocycles. The molecule has 3 N–H and O–H groups in total. The normalized spacial score (nSPS) is 22.9. The summed E-state index contributed by atoms with van der Waals surface area (Å²) < 4.78 is 5.39. The molecule has 0 aromatic carbocycles. The lowest BCUT2D eigenvalue weighted by Gasteiger charge is -2.31. The number of nitrogens with two attached hydrogens (primary N) is 1. The van der Waals surface area contributed by atoms with E-state index >= 15 is 0 Å². The number of likely N-dealkylation sites (N-methyl/N-ethyl adjacent to an activating group) is 1. The van der Waals surface area contributed by atoms with Crippen molar-refractivity contribution in [1.29, 1.82) is 0 Å². The van der Waals surface area contributed by atoms with Crippen LogP contribution < -0.4 is 11.1 Å². The minimum Gasteiger partial charge on any atom is -0.380 e. The van der Waals surface area contributed by atoms with E-state index in [1.54, 1.807) is 0 Å². The van der Waals surface area contributed by atoms with E-state index in [1.165, 1.54) is 0 Å². The largest absolute Gasteiger partial charge is 0.380 e. The Bertz CT molecular complexity index is 290. The van der Waals surface area contributed by atoms with Crippen molar-refractivity contribution in [1.82, 2.24) is 10.2 Å². The maximum absolute atomic E-state index is 11.6. The topological polar surface area (TPSA) is 67.6 Å². The van der Waals surface area contributed by atoms with Crippen molar-refractivity contribution >= 4 is 5.91 Å². The third kappa shape index (κ3) is 5.09. The smallest absolute Gasteiger partial charge is 0.237 e. The lowest BCUT2D eigenvalue weighted by Crippen LogP contribution is -2.55. The molecule has 0 radical (unpaired) electrons. The summed E-state index contributed by atoms with van der Waals surface area (Å²) in [5, 5.41) is 3.28. The minimum absolute atomic E-state index is 0.249. The van der Waals surface area contributed by atoms with Gasteiger partial charge in [0.2, 0.25) is 5.91 Å². The van der Waals surface area contributed by atoms with E-state index in [1.807, 2.05) is 20.8 Å². The second kappa shape index (κ2) is 7.22. The van der Waals surface area contributed by atoms with Crippen LogP contribution in [-0.2, 0) is 9.53 Å². The van der Waals surface area contributed by atoms with Gasteiger partial charge in [-0.1, -0.05) is 0 Å². The van der Waals surface area contributed by atoms with Gasteiger partial charge in [-0.3, -0.25) is 4.79 Å². The van der Waals surface area contributed by atoms with Gasteiger partial charge in [0.15, 0.2) is 0 Å². The predicted octanol–water partition coefficient (Wildman–Crippen LogP) is 0.729. The number of nitrogens with one attached hydrogen (secondary N) is 1. The maximum atomic E-state index is 11.6. The summed E-state index contributed by atoms with van der Waals surface area (Å²) in [5.41, 5.74) is 4.91. The van der Waals surface area contributed by atoms with Crippen molar-refractivity contribution in [2.45, 2.75) is 57.7 Å². The first kappa shape index (κ1) is 16.4. The van der Waals surface area contributed by atoms with E-state index in [9.17, 15) is 4.79 Å². The molecule has 1 fully saturated rings. The van der Waals surface area contributed by atoms with E-state index < -0.39 is 5.54 Å². The first-order chi connectivity index (χ1) is 8.85. The summed E-state index contributed by atoms with van der Waals surface area (Å²) in [4.78, 5) is 13.9. The van der Waals surface area contributed by atoms with Gasteiger partial charge in [0, 0.05) is 18.7 Å². The highest BCUT2D eigenvalue weighted by molar-refractivity contribution is 5.84. The lowest BCUT2D eigenvalue weighted by molar-refractivity contribution is -0.124. The van der Waals surface area contributed by atoms with Crippen LogP contribution in [0.15, 0.2) is 0 Å². The highest BCUT2D eigenvalue weighted by Crippen LogP contribution is 2.16. The van der Waals surface area contributed by atoms with Crippen molar-refractivity contribution in [3.8, 4) is 0 Å². The number of hydrogen-bond acceptors (Lipinski definition) is 4. The zero-order valence-electron chi connectivity index (χ0n) is 12.7. The molecule has 1 heterocycles. The van der Waals surface area contributed by atoms with Gasteiger partial charge in [0.05, 0.1) is 12.1 Å². The molecule has 0 saturated carbocycles. The van der Waals surface area contributed by atoms with Crippen LogP contribution in [0.1, 0.15) is 40.0 Å². The molecule has 1 aliphatic heterocycles. The summed E-state index contributed by atoms with van der Waals surface area (Å²) in [6, 6.07) is 0.774. The molecule has 0 bridgehead atoms. The standard InChI is InChI=1S/C14H29N3O2/c1-11(2)16-14(3,13(15)18)7-5-8-17(4)12-6-9-19-10-12/h11-12,16H,5-10H2,1-4H3,(H2,15,18). The number of ether oxygens (including phenoxy) is 1. The van der Waals surface area contributed by atoms with Gasteiger partial charge in [-0.15, -0.1) is 0 Å². The molecular weight excluding hydrogens is 242 g/mol. The highest BCUT2D eigenvalue weighted by atomic mass is 16.5. The van der Waals surface area contributed by atoms with Gasteiger partial charge in [-0.2, -0.15) is 0 Å². The quantitative estimate of drug-likeness (QED) is 0.683. The van der Waals surface area contributed by atoms with Gasteiger partial charge in [-0.25, -0.2) is 0 Å². The Morgan fingerprint density at radius 3 is 2.74 bits per heavy atom. The van der Waals surface area contributed by atoms with E-state index in [-0.39, 0.29) is 11.9 Å². The van der Waals surface area contributed by atoms with Gasteiger partial charge in [-0.05, 0) is 53.6 Å². The molecule has 5 nitrogen and oxygen atoms in total. The van der Waals surface area contributed by atoms with E-state index in [4.69, 9.17) is 10.5 Å². The van der Waals surface area contributed by atoms with Crippen LogP contribution in [0.3, 0.4) is 0 Å². The molecule has 0 aromatic heterocycles. The Labute approximate surface area is 116 Å². The summed E-state index contributed by atoms with van der Waals surface area (Å²) >= 11 is 0. The second-order valence-electron chi connectivity index (χ2n) is 6.10. The molecule has 112 valence electrons. The molecule has 5 heteroatoms. The summed E-state index contributed by atoms with van der Waals surface area (Å²) in [6.45, 7) is 8.62. The third-order valence-electron chi connectivity index (χ3n) is 3.87. The monoisotopic (exact) mass is 271 g/mol. The first-order valence-electron chi connectivity index (χ1n) is 7.21. The Morgan fingerprint density at radius 2 is 2.26 bits per heavy atom. The number of rotatable bonds is 8. The Morgan fingerprint density at radius 1 is 1.58 bits per heavy atom. The molecule has 0 aromatic rings. The fourth-order valence-corrected chi connectivity index (χ4v) is 2.64. The van der Waals surface area contributed by atoms with Crippen LogP contribution in [-0.4, -0.2) is 55.2 Å². The fourth-order valence-electron chi connectivity index (χ4n) is 2.64. The second-order valence-corrected chi connectivity index (χ2v) is 6.10. The molecule has 2 unspecified atom stereocenters. The van der Waals surface area contributed by atoms with Crippen molar-refractivity contribution in [2.24, 2.45) is 5.73 Å². The minimum atomic E-state index is -0.610. The van der Waals surface area contributed by atoms with Crippen LogP contribution in [0, 0.1) is 0 Å². The zero-order valence-corrected chi connectivity index (χ0v) is 12.7. The van der Waals surface area contributed by atoms with Gasteiger partial charge >= 0.3 is 0 Å². The zero-order chi connectivity index (χ0) is 14.5. The molecule has 19 heavy (non-hydrogen) atoms.